The maximum atomic E-state index is 11.9. The fourth-order valence-corrected chi connectivity index (χ4v) is 2.26. The van der Waals surface area contributed by atoms with Gasteiger partial charge in [0, 0.05) is 26.2 Å². The van der Waals surface area contributed by atoms with E-state index in [0.717, 1.165) is 37.2 Å². The van der Waals surface area contributed by atoms with Crippen LogP contribution in [-0.2, 0) is 4.79 Å². The highest BCUT2D eigenvalue weighted by Crippen LogP contribution is 2.13. The third kappa shape index (κ3) is 2.91. The number of carbonyl (C=O) groups is 1. The molecule has 0 aliphatic carbocycles. The molecule has 1 fully saturated rings. The number of aromatic nitrogens is 2. The molecule has 19 heavy (non-hydrogen) atoms. The molecule has 100 valence electrons. The maximum Gasteiger partial charge on any atom is 0.240 e. The number of para-hydroxylation sites is 2. The second-order valence-electron chi connectivity index (χ2n) is 4.68. The van der Waals surface area contributed by atoms with Crippen LogP contribution in [0.1, 0.15) is 0 Å². The molecule has 0 radical (unpaired) electrons. The molecular formula is C13H17N5O. The lowest BCUT2D eigenvalue weighted by molar-refractivity contribution is -0.117. The Hall–Kier alpha value is -1.92. The third-order valence-corrected chi connectivity index (χ3v) is 3.22. The summed E-state index contributed by atoms with van der Waals surface area (Å²) in [5.74, 6) is 0.488. The first-order valence-electron chi connectivity index (χ1n) is 6.49. The van der Waals surface area contributed by atoms with Crippen LogP contribution < -0.4 is 10.6 Å². The van der Waals surface area contributed by atoms with Gasteiger partial charge in [0.2, 0.25) is 11.9 Å². The Morgan fingerprint density at radius 1 is 1.32 bits per heavy atom. The highest BCUT2D eigenvalue weighted by atomic mass is 16.2. The summed E-state index contributed by atoms with van der Waals surface area (Å²) in [7, 11) is 0. The molecule has 0 bridgehead atoms. The smallest absolute Gasteiger partial charge is 0.240 e. The van der Waals surface area contributed by atoms with Gasteiger partial charge in [-0.1, -0.05) is 12.1 Å². The Bertz CT molecular complexity index is 540. The number of H-pyrrole nitrogens is 1. The summed E-state index contributed by atoms with van der Waals surface area (Å²) in [4.78, 5) is 21.5. The Labute approximate surface area is 111 Å². The minimum Gasteiger partial charge on any atom is -0.324 e. The highest BCUT2D eigenvalue weighted by Gasteiger charge is 2.14. The number of nitrogens with zero attached hydrogens (tertiary/aromatic N) is 2. The summed E-state index contributed by atoms with van der Waals surface area (Å²) in [6.45, 7) is 4.12. The zero-order valence-electron chi connectivity index (χ0n) is 10.6. The molecule has 1 aromatic heterocycles. The Morgan fingerprint density at radius 3 is 2.89 bits per heavy atom. The van der Waals surface area contributed by atoms with Gasteiger partial charge in [0.15, 0.2) is 0 Å². The number of nitrogens with one attached hydrogen (secondary N) is 3. The van der Waals surface area contributed by atoms with E-state index in [1.54, 1.807) is 0 Å². The fraction of sp³-hybridized carbons (Fsp3) is 0.385. The maximum absolute atomic E-state index is 11.9. The minimum atomic E-state index is -0.0269. The lowest BCUT2D eigenvalue weighted by atomic mass is 10.3. The molecule has 2 aromatic rings. The number of rotatable bonds is 3. The van der Waals surface area contributed by atoms with Crippen molar-refractivity contribution in [1.82, 2.24) is 20.2 Å². The van der Waals surface area contributed by atoms with Crippen molar-refractivity contribution in [1.29, 1.82) is 0 Å². The number of hydrogen-bond donors (Lipinski definition) is 3. The van der Waals surface area contributed by atoms with Crippen LogP contribution in [0.2, 0.25) is 0 Å². The predicted octanol–water partition coefficient (Wildman–Crippen LogP) is 0.407. The molecule has 6 nitrogen and oxygen atoms in total. The second kappa shape index (κ2) is 5.38. The van der Waals surface area contributed by atoms with Gasteiger partial charge in [-0.15, -0.1) is 0 Å². The van der Waals surface area contributed by atoms with Gasteiger partial charge < -0.3 is 10.3 Å². The van der Waals surface area contributed by atoms with Crippen molar-refractivity contribution in [2.45, 2.75) is 0 Å². The van der Waals surface area contributed by atoms with Gasteiger partial charge in [-0.2, -0.15) is 0 Å². The third-order valence-electron chi connectivity index (χ3n) is 3.22. The molecule has 6 heteroatoms. The molecule has 1 saturated heterocycles. The summed E-state index contributed by atoms with van der Waals surface area (Å²) in [5, 5.41) is 6.07. The van der Waals surface area contributed by atoms with E-state index in [4.69, 9.17) is 0 Å². The van der Waals surface area contributed by atoms with Crippen molar-refractivity contribution in [2.24, 2.45) is 0 Å². The Kier molecular flexibility index (Phi) is 3.43. The van der Waals surface area contributed by atoms with Crippen LogP contribution in [0, 0.1) is 0 Å². The minimum absolute atomic E-state index is 0.0269. The van der Waals surface area contributed by atoms with E-state index in [0.29, 0.717) is 12.5 Å². The van der Waals surface area contributed by atoms with Gasteiger partial charge in [-0.05, 0) is 12.1 Å². The van der Waals surface area contributed by atoms with E-state index in [-0.39, 0.29) is 5.91 Å². The van der Waals surface area contributed by atoms with E-state index in [2.05, 4.69) is 25.5 Å². The first kappa shape index (κ1) is 12.1. The summed E-state index contributed by atoms with van der Waals surface area (Å²) in [6.07, 6.45) is 0. The van der Waals surface area contributed by atoms with Crippen LogP contribution >= 0.6 is 0 Å². The number of hydrogen-bond acceptors (Lipinski definition) is 4. The zero-order chi connectivity index (χ0) is 13.1. The predicted molar refractivity (Wildman–Crippen MR) is 74.0 cm³/mol. The normalized spacial score (nSPS) is 16.6. The van der Waals surface area contributed by atoms with Gasteiger partial charge in [0.05, 0.1) is 17.6 Å². The van der Waals surface area contributed by atoms with Crippen molar-refractivity contribution in [3.63, 3.8) is 0 Å². The number of amides is 1. The SMILES string of the molecule is O=C(CN1CCNCC1)Nc1nc2ccccc2[nH]1. The van der Waals surface area contributed by atoms with Gasteiger partial charge in [0.1, 0.15) is 0 Å². The Morgan fingerprint density at radius 2 is 2.11 bits per heavy atom. The van der Waals surface area contributed by atoms with Gasteiger partial charge in [0.25, 0.3) is 0 Å². The monoisotopic (exact) mass is 259 g/mol. The summed E-state index contributed by atoms with van der Waals surface area (Å²) in [5.41, 5.74) is 1.79. The summed E-state index contributed by atoms with van der Waals surface area (Å²) < 4.78 is 0. The number of anilines is 1. The summed E-state index contributed by atoms with van der Waals surface area (Å²) in [6, 6.07) is 7.72. The van der Waals surface area contributed by atoms with Crippen LogP contribution in [0.5, 0.6) is 0 Å². The second-order valence-corrected chi connectivity index (χ2v) is 4.68. The highest BCUT2D eigenvalue weighted by molar-refractivity contribution is 5.92. The average Bonchev–Trinajstić information content (AvgIpc) is 2.81. The number of carbonyl (C=O) groups excluding carboxylic acids is 1. The molecule has 3 rings (SSSR count). The molecule has 0 atom stereocenters. The van der Waals surface area contributed by atoms with Crippen LogP contribution in [0.15, 0.2) is 24.3 Å². The number of piperazine rings is 1. The number of imidazole rings is 1. The van der Waals surface area contributed by atoms with Crippen molar-refractivity contribution in [3.05, 3.63) is 24.3 Å². The van der Waals surface area contributed by atoms with Crippen LogP contribution in [-0.4, -0.2) is 53.5 Å². The Balaban J connectivity index is 1.62. The lowest BCUT2D eigenvalue weighted by Crippen LogP contribution is -2.46. The number of benzene rings is 1. The van der Waals surface area contributed by atoms with Crippen LogP contribution in [0.4, 0.5) is 5.95 Å². The van der Waals surface area contributed by atoms with E-state index < -0.39 is 0 Å². The molecule has 1 aliphatic heterocycles. The number of aromatic amines is 1. The number of fused-ring (bicyclic) bond motifs is 1. The molecule has 1 amide bonds. The van der Waals surface area contributed by atoms with Crippen LogP contribution in [0.3, 0.4) is 0 Å². The molecule has 0 saturated carbocycles. The van der Waals surface area contributed by atoms with Crippen molar-refractivity contribution < 1.29 is 4.79 Å². The van der Waals surface area contributed by atoms with Crippen LogP contribution in [0.25, 0.3) is 11.0 Å². The molecular weight excluding hydrogens is 242 g/mol. The largest absolute Gasteiger partial charge is 0.324 e. The van der Waals surface area contributed by atoms with E-state index in [9.17, 15) is 4.79 Å². The van der Waals surface area contributed by atoms with E-state index in [1.807, 2.05) is 24.3 Å². The fourth-order valence-electron chi connectivity index (χ4n) is 2.26. The van der Waals surface area contributed by atoms with Gasteiger partial charge in [-0.25, -0.2) is 4.98 Å². The first-order chi connectivity index (χ1) is 9.31. The molecule has 3 N–H and O–H groups in total. The average molecular weight is 259 g/mol. The van der Waals surface area contributed by atoms with Crippen molar-refractivity contribution >= 4 is 22.9 Å². The molecule has 1 aliphatic rings. The quantitative estimate of drug-likeness (QED) is 0.746. The van der Waals surface area contributed by atoms with E-state index >= 15 is 0 Å². The van der Waals surface area contributed by atoms with Gasteiger partial charge in [-0.3, -0.25) is 15.0 Å². The van der Waals surface area contributed by atoms with Gasteiger partial charge >= 0.3 is 0 Å². The molecule has 1 aromatic carbocycles. The zero-order valence-corrected chi connectivity index (χ0v) is 10.6. The molecule has 0 unspecified atom stereocenters. The molecule has 0 spiro atoms. The lowest BCUT2D eigenvalue weighted by Gasteiger charge is -2.26. The van der Waals surface area contributed by atoms with Crippen molar-refractivity contribution in [2.75, 3.05) is 38.0 Å². The topological polar surface area (TPSA) is 73.1 Å². The first-order valence-corrected chi connectivity index (χ1v) is 6.49. The molecule has 2 heterocycles. The standard InChI is InChI=1S/C13H17N5O/c19-12(9-18-7-5-14-6-8-18)17-13-15-10-3-1-2-4-11(10)16-13/h1-4,14H,5-9H2,(H2,15,16,17,19). The van der Waals surface area contributed by atoms with Crippen molar-refractivity contribution in [3.8, 4) is 0 Å². The summed E-state index contributed by atoms with van der Waals surface area (Å²) >= 11 is 0. The van der Waals surface area contributed by atoms with E-state index in [1.165, 1.54) is 0 Å².